The second-order valence-electron chi connectivity index (χ2n) is 7.46. The summed E-state index contributed by atoms with van der Waals surface area (Å²) in [6.07, 6.45) is 1.97. The lowest BCUT2D eigenvalue weighted by Gasteiger charge is -2.34. The van der Waals surface area contributed by atoms with Crippen LogP contribution in [-0.4, -0.2) is 37.8 Å². The molecule has 2 N–H and O–H groups in total. The van der Waals surface area contributed by atoms with E-state index in [2.05, 4.69) is 35.9 Å². The van der Waals surface area contributed by atoms with Gasteiger partial charge < -0.3 is 5.32 Å². The van der Waals surface area contributed by atoms with E-state index >= 15 is 0 Å². The fourth-order valence-electron chi connectivity index (χ4n) is 3.14. The zero-order valence-corrected chi connectivity index (χ0v) is 17.0. The minimum atomic E-state index is -3.53. The first-order chi connectivity index (χ1) is 10.6. The molecule has 0 radical (unpaired) electrons. The molecule has 8 heteroatoms. The van der Waals surface area contributed by atoms with Crippen molar-refractivity contribution in [2.24, 2.45) is 11.3 Å². The van der Waals surface area contributed by atoms with Crippen LogP contribution in [0.3, 0.4) is 0 Å². The fourth-order valence-corrected chi connectivity index (χ4v) is 4.75. The quantitative estimate of drug-likeness (QED) is 0.795. The van der Waals surface area contributed by atoms with Crippen molar-refractivity contribution in [3.05, 3.63) is 11.4 Å². The highest BCUT2D eigenvalue weighted by molar-refractivity contribution is 7.89. The van der Waals surface area contributed by atoms with E-state index in [0.717, 1.165) is 38.2 Å². The molecule has 0 bridgehead atoms. The standard InChI is InChI=1S/C16H30N4O2S.ClH/c1-12(2)10-20-14(4)15(13(3)19-20)23(21,22)18-11-16(5)6-8-17-9-7-16;/h12,17-18H,6-11H2,1-5H3;1H. The lowest BCUT2D eigenvalue weighted by atomic mass is 9.81. The molecule has 2 rings (SSSR count). The third-order valence-corrected chi connectivity index (χ3v) is 6.27. The van der Waals surface area contributed by atoms with Crippen LogP contribution < -0.4 is 10.0 Å². The third-order valence-electron chi connectivity index (χ3n) is 4.62. The van der Waals surface area contributed by atoms with E-state index in [-0.39, 0.29) is 17.8 Å². The molecule has 2 heterocycles. The first-order valence-corrected chi connectivity index (χ1v) is 9.87. The maximum atomic E-state index is 12.8. The van der Waals surface area contributed by atoms with Gasteiger partial charge in [0.05, 0.1) is 11.4 Å². The number of aromatic nitrogens is 2. The van der Waals surface area contributed by atoms with Crippen LogP contribution in [0.15, 0.2) is 4.90 Å². The normalized spacial score (nSPS) is 17.8. The number of nitrogens with one attached hydrogen (secondary N) is 2. The van der Waals surface area contributed by atoms with Gasteiger partial charge in [-0.2, -0.15) is 5.10 Å². The Bertz CT molecular complexity index is 649. The predicted octanol–water partition coefficient (Wildman–Crippen LogP) is 2.25. The average molecular weight is 379 g/mol. The summed E-state index contributed by atoms with van der Waals surface area (Å²) in [7, 11) is -3.53. The number of nitrogens with zero attached hydrogens (tertiary/aromatic N) is 2. The molecule has 24 heavy (non-hydrogen) atoms. The van der Waals surface area contributed by atoms with Crippen molar-refractivity contribution in [1.29, 1.82) is 0 Å². The minimum absolute atomic E-state index is 0. The van der Waals surface area contributed by atoms with Crippen molar-refractivity contribution >= 4 is 22.4 Å². The molecule has 0 aliphatic carbocycles. The van der Waals surface area contributed by atoms with Crippen molar-refractivity contribution < 1.29 is 8.42 Å². The smallest absolute Gasteiger partial charge is 0.244 e. The molecule has 0 aromatic carbocycles. The van der Waals surface area contributed by atoms with Crippen LogP contribution in [0.5, 0.6) is 0 Å². The first kappa shape index (κ1) is 21.4. The maximum Gasteiger partial charge on any atom is 0.244 e. The van der Waals surface area contributed by atoms with Crippen LogP contribution in [-0.2, 0) is 16.6 Å². The predicted molar refractivity (Wildman–Crippen MR) is 99.2 cm³/mol. The first-order valence-electron chi connectivity index (χ1n) is 8.39. The molecule has 0 saturated carbocycles. The molecule has 0 unspecified atom stereocenters. The lowest BCUT2D eigenvalue weighted by Crippen LogP contribution is -2.43. The van der Waals surface area contributed by atoms with Gasteiger partial charge in [0.15, 0.2) is 0 Å². The minimum Gasteiger partial charge on any atom is -0.317 e. The van der Waals surface area contributed by atoms with Gasteiger partial charge in [0, 0.05) is 13.1 Å². The Morgan fingerprint density at radius 1 is 1.29 bits per heavy atom. The van der Waals surface area contributed by atoms with E-state index in [0.29, 0.717) is 23.1 Å². The number of sulfonamides is 1. The van der Waals surface area contributed by atoms with Gasteiger partial charge in [-0.25, -0.2) is 13.1 Å². The molecule has 1 aromatic heterocycles. The van der Waals surface area contributed by atoms with Gasteiger partial charge in [-0.15, -0.1) is 12.4 Å². The second kappa shape index (κ2) is 8.17. The zero-order valence-electron chi connectivity index (χ0n) is 15.3. The van der Waals surface area contributed by atoms with Gasteiger partial charge in [0.1, 0.15) is 4.90 Å². The molecule has 1 aliphatic heterocycles. The van der Waals surface area contributed by atoms with E-state index < -0.39 is 10.0 Å². The Hall–Kier alpha value is -0.630. The van der Waals surface area contributed by atoms with E-state index in [9.17, 15) is 8.42 Å². The number of rotatable bonds is 6. The number of aryl methyl sites for hydroxylation is 1. The maximum absolute atomic E-state index is 12.8. The van der Waals surface area contributed by atoms with Crippen LogP contribution in [0.4, 0.5) is 0 Å². The topological polar surface area (TPSA) is 76.0 Å². The number of hydrogen-bond acceptors (Lipinski definition) is 4. The summed E-state index contributed by atoms with van der Waals surface area (Å²) >= 11 is 0. The van der Waals surface area contributed by atoms with Gasteiger partial charge >= 0.3 is 0 Å². The molecular weight excluding hydrogens is 348 g/mol. The summed E-state index contributed by atoms with van der Waals surface area (Å²) in [6.45, 7) is 13.1. The molecule has 1 saturated heterocycles. The van der Waals surface area contributed by atoms with Crippen LogP contribution in [0, 0.1) is 25.2 Å². The summed E-state index contributed by atoms with van der Waals surface area (Å²) in [6, 6.07) is 0. The van der Waals surface area contributed by atoms with Crippen molar-refractivity contribution in [3.8, 4) is 0 Å². The van der Waals surface area contributed by atoms with Crippen LogP contribution in [0.1, 0.15) is 45.0 Å². The molecule has 0 atom stereocenters. The van der Waals surface area contributed by atoms with Crippen LogP contribution >= 0.6 is 12.4 Å². The van der Waals surface area contributed by atoms with E-state index in [1.54, 1.807) is 11.6 Å². The Morgan fingerprint density at radius 3 is 2.42 bits per heavy atom. The summed E-state index contributed by atoms with van der Waals surface area (Å²) in [5.74, 6) is 0.421. The van der Waals surface area contributed by atoms with Gasteiger partial charge in [-0.3, -0.25) is 4.68 Å². The van der Waals surface area contributed by atoms with Crippen LogP contribution in [0.25, 0.3) is 0 Å². The van der Waals surface area contributed by atoms with Gasteiger partial charge in [0.2, 0.25) is 10.0 Å². The number of piperidine rings is 1. The molecule has 1 fully saturated rings. The lowest BCUT2D eigenvalue weighted by molar-refractivity contribution is 0.232. The van der Waals surface area contributed by atoms with Crippen molar-refractivity contribution in [2.75, 3.05) is 19.6 Å². The van der Waals surface area contributed by atoms with E-state index in [1.165, 1.54) is 0 Å². The van der Waals surface area contributed by atoms with Gasteiger partial charge in [-0.1, -0.05) is 20.8 Å². The largest absolute Gasteiger partial charge is 0.317 e. The molecule has 1 aliphatic rings. The Balaban J connectivity index is 0.00000288. The molecular formula is C16H31ClN4O2S. The molecule has 140 valence electrons. The number of hydrogen-bond donors (Lipinski definition) is 2. The van der Waals surface area contributed by atoms with Crippen molar-refractivity contribution in [1.82, 2.24) is 19.8 Å². The third kappa shape index (κ3) is 4.94. The summed E-state index contributed by atoms with van der Waals surface area (Å²) in [4.78, 5) is 0.343. The number of halogens is 1. The highest BCUT2D eigenvalue weighted by atomic mass is 35.5. The Labute approximate surface area is 152 Å². The van der Waals surface area contributed by atoms with Crippen molar-refractivity contribution in [3.63, 3.8) is 0 Å². The monoisotopic (exact) mass is 378 g/mol. The van der Waals surface area contributed by atoms with E-state index in [1.807, 2.05) is 6.92 Å². The molecule has 6 nitrogen and oxygen atoms in total. The molecule has 0 spiro atoms. The zero-order chi connectivity index (χ0) is 17.3. The summed E-state index contributed by atoms with van der Waals surface area (Å²) < 4.78 is 30.2. The average Bonchev–Trinajstić information content (AvgIpc) is 2.72. The Kier molecular flexibility index (Phi) is 7.29. The van der Waals surface area contributed by atoms with Gasteiger partial charge in [-0.05, 0) is 51.1 Å². The highest BCUT2D eigenvalue weighted by Gasteiger charge is 2.31. The SMILES string of the molecule is Cc1nn(CC(C)C)c(C)c1S(=O)(=O)NCC1(C)CCNCC1.Cl. The summed E-state index contributed by atoms with van der Waals surface area (Å²) in [5, 5.41) is 7.73. The molecule has 1 aromatic rings. The highest BCUT2D eigenvalue weighted by Crippen LogP contribution is 2.28. The van der Waals surface area contributed by atoms with Gasteiger partial charge in [0.25, 0.3) is 0 Å². The summed E-state index contributed by atoms with van der Waals surface area (Å²) in [5.41, 5.74) is 1.32. The van der Waals surface area contributed by atoms with Crippen molar-refractivity contribution in [2.45, 2.75) is 58.9 Å². The van der Waals surface area contributed by atoms with Crippen LogP contribution in [0.2, 0.25) is 0 Å². The Morgan fingerprint density at radius 2 is 1.88 bits per heavy atom. The van der Waals surface area contributed by atoms with E-state index in [4.69, 9.17) is 0 Å². The second-order valence-corrected chi connectivity index (χ2v) is 9.16. The fraction of sp³-hybridized carbons (Fsp3) is 0.812. The molecule has 0 amide bonds.